The molecule has 0 unspecified atom stereocenters. The third-order valence-corrected chi connectivity index (χ3v) is 8.50. The van der Waals surface area contributed by atoms with Crippen LogP contribution in [0.25, 0.3) is 16.6 Å². The van der Waals surface area contributed by atoms with E-state index in [9.17, 15) is 5.11 Å². The summed E-state index contributed by atoms with van der Waals surface area (Å²) in [6.45, 7) is 4.75. The molecule has 2 aliphatic heterocycles. The lowest BCUT2D eigenvalue weighted by Gasteiger charge is -2.45. The largest absolute Gasteiger partial charge is 0.390 e. The molecule has 0 amide bonds. The van der Waals surface area contributed by atoms with E-state index >= 15 is 0 Å². The molecule has 2 aliphatic carbocycles. The number of rotatable bonds is 5. The van der Waals surface area contributed by atoms with Gasteiger partial charge in [-0.15, -0.1) is 0 Å². The fourth-order valence-electron chi connectivity index (χ4n) is 6.14. The Hall–Kier alpha value is -2.73. The van der Waals surface area contributed by atoms with Crippen LogP contribution in [0.2, 0.25) is 0 Å². The van der Waals surface area contributed by atoms with Crippen molar-refractivity contribution in [1.29, 1.82) is 0 Å². The van der Waals surface area contributed by atoms with Crippen molar-refractivity contribution in [1.82, 2.24) is 14.8 Å². The van der Waals surface area contributed by atoms with Gasteiger partial charge in [-0.05, 0) is 57.2 Å². The summed E-state index contributed by atoms with van der Waals surface area (Å²) in [7, 11) is 1.87. The van der Waals surface area contributed by atoms with Gasteiger partial charge in [-0.3, -0.25) is 4.99 Å². The highest BCUT2D eigenvalue weighted by atomic mass is 16.3. The zero-order chi connectivity index (χ0) is 22.1. The van der Waals surface area contributed by atoms with Gasteiger partial charge in [-0.2, -0.15) is 5.10 Å². The van der Waals surface area contributed by atoms with Gasteiger partial charge in [-0.1, -0.05) is 18.6 Å². The molecule has 2 saturated heterocycles. The summed E-state index contributed by atoms with van der Waals surface area (Å²) in [6.07, 6.45) is 11.6. The van der Waals surface area contributed by atoms with Crippen molar-refractivity contribution >= 4 is 22.9 Å². The topological polar surface area (TPSA) is 66.5 Å². The van der Waals surface area contributed by atoms with E-state index in [4.69, 9.17) is 10.1 Å². The van der Waals surface area contributed by atoms with Crippen molar-refractivity contribution in [3.8, 4) is 5.69 Å². The van der Waals surface area contributed by atoms with Gasteiger partial charge in [0.1, 0.15) is 5.82 Å². The van der Waals surface area contributed by atoms with Crippen molar-refractivity contribution in [2.75, 3.05) is 18.5 Å². The number of hydrogen-bond acceptors (Lipinski definition) is 5. The number of hydrogen-bond donors (Lipinski definition) is 1. The second-order valence-corrected chi connectivity index (χ2v) is 10.6. The predicted molar refractivity (Wildman–Crippen MR) is 128 cm³/mol. The van der Waals surface area contributed by atoms with Crippen LogP contribution in [0.1, 0.15) is 51.5 Å². The molecule has 4 fully saturated rings. The molecule has 0 spiro atoms. The number of aliphatic hydroxyl groups is 1. The summed E-state index contributed by atoms with van der Waals surface area (Å²) in [5.41, 5.74) is 2.86. The third-order valence-electron chi connectivity index (χ3n) is 8.50. The molecule has 1 N–H and O–H groups in total. The number of pyridine rings is 1. The Morgan fingerprint density at radius 1 is 1.19 bits per heavy atom. The minimum Gasteiger partial charge on any atom is -0.390 e. The second-order valence-electron chi connectivity index (χ2n) is 10.6. The van der Waals surface area contributed by atoms with Gasteiger partial charge in [0, 0.05) is 54.3 Å². The lowest BCUT2D eigenvalue weighted by molar-refractivity contribution is -0.0754. The molecule has 1 aromatic carbocycles. The van der Waals surface area contributed by atoms with Crippen LogP contribution in [-0.2, 0) is 5.41 Å². The lowest BCUT2D eigenvalue weighted by atomic mass is 9.61. The van der Waals surface area contributed by atoms with Crippen LogP contribution < -0.4 is 4.90 Å². The minimum absolute atomic E-state index is 0.0133. The SMILES string of the molecule is C/N=C\C1(c2ccc3cnn(-c4ccnc(N5CC6(C(C)(C)O)CC5C6)c4)c3c2)CCC1. The van der Waals surface area contributed by atoms with Crippen LogP contribution in [0, 0.1) is 5.41 Å². The van der Waals surface area contributed by atoms with Crippen molar-refractivity contribution in [2.24, 2.45) is 10.4 Å². The molecule has 3 aromatic rings. The number of nitrogens with zero attached hydrogens (tertiary/aromatic N) is 5. The van der Waals surface area contributed by atoms with E-state index in [1.165, 1.54) is 12.0 Å². The molecule has 0 radical (unpaired) electrons. The van der Waals surface area contributed by atoms with Gasteiger partial charge in [0.05, 0.1) is 23.0 Å². The van der Waals surface area contributed by atoms with Crippen molar-refractivity contribution < 1.29 is 5.11 Å². The minimum atomic E-state index is -0.663. The van der Waals surface area contributed by atoms with Crippen LogP contribution in [0.4, 0.5) is 5.82 Å². The van der Waals surface area contributed by atoms with E-state index in [-0.39, 0.29) is 10.8 Å². The zero-order valence-corrected chi connectivity index (χ0v) is 19.1. The van der Waals surface area contributed by atoms with Gasteiger partial charge < -0.3 is 10.0 Å². The highest BCUT2D eigenvalue weighted by molar-refractivity contribution is 5.84. The fraction of sp³-hybridized carbons (Fsp3) is 0.500. The first-order valence-electron chi connectivity index (χ1n) is 11.7. The van der Waals surface area contributed by atoms with E-state index in [0.29, 0.717) is 6.04 Å². The molecule has 0 atom stereocenters. The van der Waals surface area contributed by atoms with Crippen molar-refractivity contribution in [2.45, 2.75) is 63.0 Å². The average Bonchev–Trinajstić information content (AvgIpc) is 3.41. The zero-order valence-electron chi connectivity index (χ0n) is 19.1. The normalized spacial score (nSPS) is 26.5. The summed E-state index contributed by atoms with van der Waals surface area (Å²) in [5, 5.41) is 16.6. The molecular formula is C26H31N5O. The second kappa shape index (κ2) is 6.64. The number of aliphatic imine (C=N–C) groups is 1. The van der Waals surface area contributed by atoms with Gasteiger partial charge in [0.15, 0.2) is 0 Å². The van der Waals surface area contributed by atoms with Crippen LogP contribution in [0.3, 0.4) is 0 Å². The van der Waals surface area contributed by atoms with E-state index in [1.54, 1.807) is 0 Å². The van der Waals surface area contributed by atoms with Crippen LogP contribution in [0.15, 0.2) is 47.7 Å². The smallest absolute Gasteiger partial charge is 0.130 e. The molecule has 2 aromatic heterocycles. The summed E-state index contributed by atoms with van der Waals surface area (Å²) in [5.74, 6) is 0.976. The number of fused-ring (bicyclic) bond motifs is 2. The Morgan fingerprint density at radius 2 is 2.00 bits per heavy atom. The van der Waals surface area contributed by atoms with Gasteiger partial charge in [0.25, 0.3) is 0 Å². The highest BCUT2D eigenvalue weighted by Crippen LogP contribution is 2.58. The van der Waals surface area contributed by atoms with Gasteiger partial charge in [0.2, 0.25) is 0 Å². The fourth-order valence-corrected chi connectivity index (χ4v) is 6.14. The third kappa shape index (κ3) is 2.71. The molecule has 4 heterocycles. The van der Waals surface area contributed by atoms with Crippen LogP contribution in [-0.4, -0.2) is 51.3 Å². The predicted octanol–water partition coefficient (Wildman–Crippen LogP) is 4.28. The molecule has 4 aliphatic rings. The molecular weight excluding hydrogens is 398 g/mol. The maximum absolute atomic E-state index is 10.7. The lowest BCUT2D eigenvalue weighted by Crippen LogP contribution is -2.50. The first-order chi connectivity index (χ1) is 15.3. The van der Waals surface area contributed by atoms with Gasteiger partial charge in [-0.25, -0.2) is 9.67 Å². The van der Waals surface area contributed by atoms with E-state index in [0.717, 1.165) is 54.6 Å². The van der Waals surface area contributed by atoms with E-state index in [1.807, 2.05) is 44.0 Å². The molecule has 32 heavy (non-hydrogen) atoms. The maximum atomic E-state index is 10.7. The van der Waals surface area contributed by atoms with Crippen molar-refractivity contribution in [3.63, 3.8) is 0 Å². The number of aromatic nitrogens is 3. The molecule has 2 saturated carbocycles. The van der Waals surface area contributed by atoms with E-state index < -0.39 is 5.60 Å². The first-order valence-corrected chi connectivity index (χ1v) is 11.7. The first kappa shape index (κ1) is 19.9. The molecule has 7 rings (SSSR count). The standard InChI is InChI=1S/C26H31N5O/c1-24(2,32)26-13-21(14-26)30(17-26)23-12-20(7-10-28-23)31-22-11-19(6-5-18(22)15-29-31)25(16-27-3)8-4-9-25/h5-7,10-12,15-16,21,32H,4,8-9,13-14,17H2,1-3H3/b27-16-. The highest BCUT2D eigenvalue weighted by Gasteiger charge is 2.62. The monoisotopic (exact) mass is 429 g/mol. The van der Waals surface area contributed by atoms with Gasteiger partial charge >= 0.3 is 0 Å². The molecule has 6 nitrogen and oxygen atoms in total. The Bertz CT molecular complexity index is 1210. The summed E-state index contributed by atoms with van der Waals surface area (Å²) in [6, 6.07) is 11.4. The molecule has 2 bridgehead atoms. The Balaban J connectivity index is 1.36. The maximum Gasteiger partial charge on any atom is 0.130 e. The summed E-state index contributed by atoms with van der Waals surface area (Å²) in [4.78, 5) is 11.4. The van der Waals surface area contributed by atoms with E-state index in [2.05, 4.69) is 40.4 Å². The van der Waals surface area contributed by atoms with Crippen LogP contribution >= 0.6 is 0 Å². The molecule has 166 valence electrons. The van der Waals surface area contributed by atoms with Crippen molar-refractivity contribution in [3.05, 3.63) is 48.3 Å². The Kier molecular flexibility index (Phi) is 4.13. The Morgan fingerprint density at radius 3 is 2.66 bits per heavy atom. The Labute approximate surface area is 189 Å². The summed E-state index contributed by atoms with van der Waals surface area (Å²) >= 11 is 0. The molecule has 6 heteroatoms. The number of anilines is 1. The number of benzene rings is 1. The average molecular weight is 430 g/mol. The quantitative estimate of drug-likeness (QED) is 0.615. The van der Waals surface area contributed by atoms with Crippen LogP contribution in [0.5, 0.6) is 0 Å². The summed E-state index contributed by atoms with van der Waals surface area (Å²) < 4.78 is 2.03.